The smallest absolute Gasteiger partial charge is 0.264 e. The van der Waals surface area contributed by atoms with E-state index in [1.54, 1.807) is 18.2 Å². The lowest BCUT2D eigenvalue weighted by Gasteiger charge is -2.04. The van der Waals surface area contributed by atoms with Crippen molar-refractivity contribution in [2.45, 2.75) is 6.54 Å². The van der Waals surface area contributed by atoms with Gasteiger partial charge in [0.05, 0.1) is 0 Å². The van der Waals surface area contributed by atoms with E-state index in [9.17, 15) is 9.18 Å². The molecule has 0 radical (unpaired) electrons. The monoisotopic (exact) mass is 219 g/mol. The molecule has 16 heavy (non-hydrogen) atoms. The second-order valence-electron chi connectivity index (χ2n) is 3.29. The second kappa shape index (κ2) is 4.57. The number of nitrogens with zero attached hydrogens (tertiary/aromatic N) is 1. The Bertz CT molecular complexity index is 501. The van der Waals surface area contributed by atoms with Gasteiger partial charge in [0.2, 0.25) is 0 Å². The first-order valence-electron chi connectivity index (χ1n) is 4.78. The number of rotatable bonds is 3. The average molecular weight is 219 g/mol. The van der Waals surface area contributed by atoms with Gasteiger partial charge in [0.1, 0.15) is 11.6 Å². The van der Waals surface area contributed by atoms with Crippen LogP contribution in [0.3, 0.4) is 0 Å². The minimum Gasteiger partial charge on any atom is -0.365 e. The topological polar surface area (TPSA) is 57.8 Å². The maximum absolute atomic E-state index is 12.6. The van der Waals surface area contributed by atoms with Gasteiger partial charge in [0, 0.05) is 12.6 Å². The SMILES string of the molecule is O=c1ccc(NCc2ccc(F)cc2)n[nH]1. The molecule has 2 N–H and O–H groups in total. The number of nitrogens with one attached hydrogen (secondary N) is 2. The third-order valence-corrected chi connectivity index (χ3v) is 2.07. The number of aromatic amines is 1. The lowest BCUT2D eigenvalue weighted by molar-refractivity contribution is 0.627. The molecule has 0 unspecified atom stereocenters. The van der Waals surface area contributed by atoms with E-state index in [0.29, 0.717) is 12.4 Å². The molecule has 0 amide bonds. The number of anilines is 1. The standard InChI is InChI=1S/C11H10FN3O/c12-9-3-1-8(2-4-9)7-13-10-5-6-11(16)15-14-10/h1-6H,7H2,(H,13,14)(H,15,16). The summed E-state index contributed by atoms with van der Waals surface area (Å²) >= 11 is 0. The van der Waals surface area contributed by atoms with E-state index in [1.807, 2.05) is 0 Å². The highest BCUT2D eigenvalue weighted by molar-refractivity contribution is 5.33. The fourth-order valence-electron chi connectivity index (χ4n) is 1.24. The summed E-state index contributed by atoms with van der Waals surface area (Å²) in [6.45, 7) is 0.527. The van der Waals surface area contributed by atoms with Crippen molar-refractivity contribution >= 4 is 5.82 Å². The number of halogens is 1. The molecule has 0 fully saturated rings. The highest BCUT2D eigenvalue weighted by atomic mass is 19.1. The normalized spacial score (nSPS) is 10.1. The lowest BCUT2D eigenvalue weighted by atomic mass is 10.2. The first-order valence-corrected chi connectivity index (χ1v) is 4.78. The molecule has 0 aliphatic heterocycles. The summed E-state index contributed by atoms with van der Waals surface area (Å²) in [5.41, 5.74) is 0.696. The van der Waals surface area contributed by atoms with Gasteiger partial charge in [-0.15, -0.1) is 0 Å². The van der Waals surface area contributed by atoms with Crippen LogP contribution in [0.15, 0.2) is 41.2 Å². The van der Waals surface area contributed by atoms with Gasteiger partial charge >= 0.3 is 0 Å². The Kier molecular flexibility index (Phi) is 2.95. The minimum absolute atomic E-state index is 0.243. The van der Waals surface area contributed by atoms with Crippen LogP contribution in [-0.2, 0) is 6.54 Å². The molecule has 1 aromatic carbocycles. The van der Waals surface area contributed by atoms with Gasteiger partial charge in [-0.25, -0.2) is 9.49 Å². The predicted molar refractivity (Wildman–Crippen MR) is 58.6 cm³/mol. The van der Waals surface area contributed by atoms with Crippen LogP contribution in [0.1, 0.15) is 5.56 Å². The van der Waals surface area contributed by atoms with E-state index in [1.165, 1.54) is 18.2 Å². The third kappa shape index (κ3) is 2.66. The molecule has 1 heterocycles. The van der Waals surface area contributed by atoms with E-state index >= 15 is 0 Å². The van der Waals surface area contributed by atoms with Crippen molar-refractivity contribution in [1.82, 2.24) is 10.2 Å². The number of hydrogen-bond acceptors (Lipinski definition) is 3. The van der Waals surface area contributed by atoms with Crippen LogP contribution in [0.5, 0.6) is 0 Å². The van der Waals surface area contributed by atoms with Gasteiger partial charge in [0.15, 0.2) is 0 Å². The van der Waals surface area contributed by atoms with Crippen molar-refractivity contribution in [3.8, 4) is 0 Å². The first kappa shape index (κ1) is 10.4. The zero-order chi connectivity index (χ0) is 11.4. The highest BCUT2D eigenvalue weighted by Crippen LogP contribution is 2.05. The van der Waals surface area contributed by atoms with Gasteiger partial charge < -0.3 is 5.32 Å². The molecule has 0 saturated carbocycles. The van der Waals surface area contributed by atoms with Crippen molar-refractivity contribution < 1.29 is 4.39 Å². The number of benzene rings is 1. The maximum Gasteiger partial charge on any atom is 0.264 e. The fourth-order valence-corrected chi connectivity index (χ4v) is 1.24. The highest BCUT2D eigenvalue weighted by Gasteiger charge is 1.95. The molecule has 1 aromatic heterocycles. The Morgan fingerprint density at radius 1 is 1.19 bits per heavy atom. The van der Waals surface area contributed by atoms with E-state index in [2.05, 4.69) is 15.5 Å². The summed E-state index contributed by atoms with van der Waals surface area (Å²) in [6.07, 6.45) is 0. The van der Waals surface area contributed by atoms with Crippen molar-refractivity contribution in [1.29, 1.82) is 0 Å². The molecule has 82 valence electrons. The molecule has 0 saturated heterocycles. The van der Waals surface area contributed by atoms with Crippen molar-refractivity contribution in [2.24, 2.45) is 0 Å². The van der Waals surface area contributed by atoms with Crippen LogP contribution in [0.2, 0.25) is 0 Å². The van der Waals surface area contributed by atoms with Gasteiger partial charge in [0.25, 0.3) is 5.56 Å². The zero-order valence-corrected chi connectivity index (χ0v) is 8.40. The third-order valence-electron chi connectivity index (χ3n) is 2.07. The molecular weight excluding hydrogens is 209 g/mol. The second-order valence-corrected chi connectivity index (χ2v) is 3.29. The molecule has 4 nitrogen and oxygen atoms in total. The van der Waals surface area contributed by atoms with Gasteiger partial charge in [-0.2, -0.15) is 5.10 Å². The quantitative estimate of drug-likeness (QED) is 0.822. The summed E-state index contributed by atoms with van der Waals surface area (Å²) < 4.78 is 12.6. The Labute approximate surface area is 91.1 Å². The minimum atomic E-state index is -0.258. The largest absolute Gasteiger partial charge is 0.365 e. The molecular formula is C11H10FN3O. The van der Waals surface area contributed by atoms with Crippen molar-refractivity contribution in [3.05, 3.63) is 58.1 Å². The van der Waals surface area contributed by atoms with Crippen molar-refractivity contribution in [2.75, 3.05) is 5.32 Å². The van der Waals surface area contributed by atoms with E-state index in [0.717, 1.165) is 5.56 Å². The summed E-state index contributed by atoms with van der Waals surface area (Å²) in [7, 11) is 0. The molecule has 0 aliphatic carbocycles. The van der Waals surface area contributed by atoms with Crippen LogP contribution in [0, 0.1) is 5.82 Å². The first-order chi connectivity index (χ1) is 7.74. The number of hydrogen-bond donors (Lipinski definition) is 2. The molecule has 2 aromatic rings. The summed E-state index contributed by atoms with van der Waals surface area (Å²) in [6, 6.07) is 9.15. The van der Waals surface area contributed by atoms with E-state index in [-0.39, 0.29) is 11.4 Å². The fraction of sp³-hybridized carbons (Fsp3) is 0.0909. The zero-order valence-electron chi connectivity index (χ0n) is 8.40. The Balaban J connectivity index is 1.99. The number of H-pyrrole nitrogens is 1. The van der Waals surface area contributed by atoms with E-state index in [4.69, 9.17) is 0 Å². The Hall–Kier alpha value is -2.17. The Morgan fingerprint density at radius 3 is 2.56 bits per heavy atom. The Morgan fingerprint density at radius 2 is 1.94 bits per heavy atom. The van der Waals surface area contributed by atoms with Crippen LogP contribution in [0.25, 0.3) is 0 Å². The van der Waals surface area contributed by atoms with E-state index < -0.39 is 0 Å². The molecule has 0 aliphatic rings. The molecule has 5 heteroatoms. The molecule has 2 rings (SSSR count). The maximum atomic E-state index is 12.6. The molecule has 0 atom stereocenters. The summed E-state index contributed by atoms with van der Waals surface area (Å²) in [4.78, 5) is 10.7. The average Bonchev–Trinajstić information content (AvgIpc) is 2.30. The molecule has 0 bridgehead atoms. The van der Waals surface area contributed by atoms with Crippen LogP contribution < -0.4 is 10.9 Å². The van der Waals surface area contributed by atoms with Gasteiger partial charge in [-0.1, -0.05) is 12.1 Å². The summed E-state index contributed by atoms with van der Waals surface area (Å²) in [5, 5.41) is 9.11. The van der Waals surface area contributed by atoms with Gasteiger partial charge in [-0.05, 0) is 23.8 Å². The van der Waals surface area contributed by atoms with Crippen LogP contribution in [-0.4, -0.2) is 10.2 Å². The summed E-state index contributed by atoms with van der Waals surface area (Å²) in [5.74, 6) is 0.315. The van der Waals surface area contributed by atoms with Gasteiger partial charge in [-0.3, -0.25) is 4.79 Å². The molecule has 0 spiro atoms. The van der Waals surface area contributed by atoms with Crippen LogP contribution >= 0.6 is 0 Å². The predicted octanol–water partition coefficient (Wildman–Crippen LogP) is 1.52. The number of aromatic nitrogens is 2. The van der Waals surface area contributed by atoms with Crippen LogP contribution in [0.4, 0.5) is 10.2 Å². The van der Waals surface area contributed by atoms with Crippen molar-refractivity contribution in [3.63, 3.8) is 0 Å². The lowest BCUT2D eigenvalue weighted by Crippen LogP contribution is -2.09.